The third-order valence-corrected chi connectivity index (χ3v) is 3.08. The summed E-state index contributed by atoms with van der Waals surface area (Å²) in [5, 5.41) is 2.81. The number of nitrogens with two attached hydrogens (primary N) is 1. The van der Waals surface area contributed by atoms with Crippen LogP contribution in [0.15, 0.2) is 41.3 Å². The largest absolute Gasteiger partial charge is 0.444 e. The Hall–Kier alpha value is -1.85. The van der Waals surface area contributed by atoms with E-state index in [1.54, 1.807) is 6.20 Å². The number of benzene rings is 1. The fraction of sp³-hybridized carbons (Fsp3) is 0.333. The molecule has 0 saturated heterocycles. The summed E-state index contributed by atoms with van der Waals surface area (Å²) in [5.74, 6) is 0.499. The van der Waals surface area contributed by atoms with Gasteiger partial charge >= 0.3 is 0 Å². The molecule has 1 aromatic carbocycles. The summed E-state index contributed by atoms with van der Waals surface area (Å²) in [7, 11) is 0. The van der Waals surface area contributed by atoms with Gasteiger partial charge in [-0.05, 0) is 29.7 Å². The third-order valence-electron chi connectivity index (χ3n) is 3.08. The number of rotatable bonds is 3. The highest BCUT2D eigenvalue weighted by atomic mass is 35.5. The predicted molar refractivity (Wildman–Crippen MR) is 85.2 cm³/mol. The Morgan fingerprint density at radius 3 is 2.38 bits per heavy atom. The van der Waals surface area contributed by atoms with Crippen molar-refractivity contribution in [3.8, 4) is 11.3 Å². The molecule has 0 aliphatic carbocycles. The van der Waals surface area contributed by atoms with E-state index >= 15 is 0 Å². The van der Waals surface area contributed by atoms with Crippen LogP contribution in [0.5, 0.6) is 0 Å². The monoisotopic (exact) mass is 309 g/mol. The molecule has 1 amide bonds. The first-order chi connectivity index (χ1) is 9.38. The zero-order valence-electron chi connectivity index (χ0n) is 12.3. The van der Waals surface area contributed by atoms with E-state index < -0.39 is 6.04 Å². The van der Waals surface area contributed by atoms with Crippen molar-refractivity contribution in [2.75, 3.05) is 5.32 Å². The molecule has 6 heteroatoms. The molecular weight excluding hydrogens is 290 g/mol. The summed E-state index contributed by atoms with van der Waals surface area (Å²) >= 11 is 0. The number of nitrogens with zero attached hydrogens (tertiary/aromatic N) is 1. The number of nitrogens with one attached hydrogen (secondary N) is 1. The molecule has 3 N–H and O–H groups in total. The van der Waals surface area contributed by atoms with Gasteiger partial charge in [0, 0.05) is 11.3 Å². The Bertz CT molecular complexity index is 574. The maximum Gasteiger partial charge on any atom is 0.241 e. The summed E-state index contributed by atoms with van der Waals surface area (Å²) in [6.45, 7) is 5.80. The number of amides is 1. The molecule has 1 atom stereocenters. The topological polar surface area (TPSA) is 81.2 Å². The molecule has 1 heterocycles. The second kappa shape index (κ2) is 6.74. The normalized spacial score (nSPS) is 12.4. The molecule has 1 aromatic heterocycles. The number of oxazole rings is 1. The van der Waals surface area contributed by atoms with Crippen molar-refractivity contribution in [2.24, 2.45) is 11.1 Å². The van der Waals surface area contributed by atoms with E-state index in [-0.39, 0.29) is 23.7 Å². The molecule has 0 bridgehead atoms. The molecule has 0 spiro atoms. The Morgan fingerprint density at radius 2 is 1.90 bits per heavy atom. The molecule has 0 saturated carbocycles. The first kappa shape index (κ1) is 17.2. The SMILES string of the molecule is CC(C)(C)[C@H](N)C(=O)Nc1ccc(-c2cnco2)cc1.Cl. The summed E-state index contributed by atoms with van der Waals surface area (Å²) in [5.41, 5.74) is 7.25. The third kappa shape index (κ3) is 4.31. The number of hydrogen-bond donors (Lipinski definition) is 2. The van der Waals surface area contributed by atoms with Crippen LogP contribution in [0.3, 0.4) is 0 Å². The van der Waals surface area contributed by atoms with Crippen LogP contribution < -0.4 is 11.1 Å². The fourth-order valence-corrected chi connectivity index (χ4v) is 1.69. The van der Waals surface area contributed by atoms with Crippen molar-refractivity contribution in [2.45, 2.75) is 26.8 Å². The van der Waals surface area contributed by atoms with E-state index in [1.165, 1.54) is 6.39 Å². The minimum Gasteiger partial charge on any atom is -0.444 e. The lowest BCUT2D eigenvalue weighted by atomic mass is 9.87. The molecular formula is C15H20ClN3O2. The number of carbonyl (C=O) groups excluding carboxylic acids is 1. The highest BCUT2D eigenvalue weighted by Crippen LogP contribution is 2.22. The second-order valence-electron chi connectivity index (χ2n) is 5.78. The summed E-state index contributed by atoms with van der Waals surface area (Å²) in [6.07, 6.45) is 3.02. The highest BCUT2D eigenvalue weighted by Gasteiger charge is 2.27. The highest BCUT2D eigenvalue weighted by molar-refractivity contribution is 5.95. The van der Waals surface area contributed by atoms with E-state index in [1.807, 2.05) is 45.0 Å². The maximum absolute atomic E-state index is 12.0. The molecule has 21 heavy (non-hydrogen) atoms. The van der Waals surface area contributed by atoms with Crippen molar-refractivity contribution in [1.82, 2.24) is 4.98 Å². The lowest BCUT2D eigenvalue weighted by molar-refractivity contribution is -0.119. The maximum atomic E-state index is 12.0. The van der Waals surface area contributed by atoms with Crippen LogP contribution in [0, 0.1) is 5.41 Å². The zero-order valence-corrected chi connectivity index (χ0v) is 13.1. The smallest absolute Gasteiger partial charge is 0.241 e. The van der Waals surface area contributed by atoms with Crippen LogP contribution in [0.1, 0.15) is 20.8 Å². The van der Waals surface area contributed by atoms with Crippen molar-refractivity contribution in [1.29, 1.82) is 0 Å². The van der Waals surface area contributed by atoms with E-state index in [0.29, 0.717) is 11.4 Å². The van der Waals surface area contributed by atoms with Gasteiger partial charge in [0.2, 0.25) is 5.91 Å². The molecule has 5 nitrogen and oxygen atoms in total. The molecule has 0 unspecified atom stereocenters. The molecule has 0 aliphatic heterocycles. The Labute approximate surface area is 130 Å². The van der Waals surface area contributed by atoms with Crippen LogP contribution in [0.4, 0.5) is 5.69 Å². The first-order valence-corrected chi connectivity index (χ1v) is 6.43. The van der Waals surface area contributed by atoms with Gasteiger partial charge in [0.05, 0.1) is 12.2 Å². The average Bonchev–Trinajstić information content (AvgIpc) is 2.91. The number of aromatic nitrogens is 1. The van der Waals surface area contributed by atoms with Gasteiger partial charge < -0.3 is 15.5 Å². The van der Waals surface area contributed by atoms with E-state index in [4.69, 9.17) is 10.2 Å². The number of anilines is 1. The Kier molecular flexibility index (Phi) is 5.52. The van der Waals surface area contributed by atoms with Gasteiger partial charge in [-0.3, -0.25) is 4.79 Å². The summed E-state index contributed by atoms with van der Waals surface area (Å²) in [4.78, 5) is 15.9. The standard InChI is InChI=1S/C15H19N3O2.ClH/c1-15(2,3)13(16)14(19)18-11-6-4-10(5-7-11)12-8-17-9-20-12;/h4-9,13H,16H2,1-3H3,(H,18,19);1H/t13-;/m1./s1. The fourth-order valence-electron chi connectivity index (χ4n) is 1.69. The van der Waals surface area contributed by atoms with Gasteiger partial charge in [0.25, 0.3) is 0 Å². The molecule has 114 valence electrons. The lowest BCUT2D eigenvalue weighted by Crippen LogP contribution is -2.45. The molecule has 2 aromatic rings. The zero-order chi connectivity index (χ0) is 14.8. The minimum atomic E-state index is -0.559. The summed E-state index contributed by atoms with van der Waals surface area (Å²) in [6, 6.07) is 6.78. The Balaban J connectivity index is 0.00000220. The van der Waals surface area contributed by atoms with E-state index in [0.717, 1.165) is 5.56 Å². The quantitative estimate of drug-likeness (QED) is 0.913. The predicted octanol–water partition coefficient (Wildman–Crippen LogP) is 3.08. The molecule has 0 aliphatic rings. The van der Waals surface area contributed by atoms with Crippen LogP contribution in [0.25, 0.3) is 11.3 Å². The van der Waals surface area contributed by atoms with Gasteiger partial charge in [0.15, 0.2) is 12.2 Å². The number of hydrogen-bond acceptors (Lipinski definition) is 4. The molecule has 0 radical (unpaired) electrons. The van der Waals surface area contributed by atoms with Gasteiger partial charge in [-0.1, -0.05) is 20.8 Å². The van der Waals surface area contributed by atoms with Crippen molar-refractivity contribution in [3.63, 3.8) is 0 Å². The first-order valence-electron chi connectivity index (χ1n) is 6.43. The number of carbonyl (C=O) groups is 1. The number of halogens is 1. The van der Waals surface area contributed by atoms with Crippen molar-refractivity contribution in [3.05, 3.63) is 36.9 Å². The van der Waals surface area contributed by atoms with Crippen LogP contribution in [-0.2, 0) is 4.79 Å². The van der Waals surface area contributed by atoms with Crippen LogP contribution in [-0.4, -0.2) is 16.9 Å². The van der Waals surface area contributed by atoms with Gasteiger partial charge in [-0.25, -0.2) is 4.98 Å². The molecule has 0 fully saturated rings. The van der Waals surface area contributed by atoms with Gasteiger partial charge in [-0.2, -0.15) is 0 Å². The van der Waals surface area contributed by atoms with E-state index in [9.17, 15) is 4.79 Å². The molecule has 2 rings (SSSR count). The summed E-state index contributed by atoms with van der Waals surface area (Å²) < 4.78 is 5.20. The average molecular weight is 310 g/mol. The van der Waals surface area contributed by atoms with Crippen molar-refractivity contribution < 1.29 is 9.21 Å². The van der Waals surface area contributed by atoms with Crippen LogP contribution in [0.2, 0.25) is 0 Å². The Morgan fingerprint density at radius 1 is 1.29 bits per heavy atom. The second-order valence-corrected chi connectivity index (χ2v) is 5.78. The lowest BCUT2D eigenvalue weighted by Gasteiger charge is -2.25. The minimum absolute atomic E-state index is 0. The van der Waals surface area contributed by atoms with E-state index in [2.05, 4.69) is 10.3 Å². The van der Waals surface area contributed by atoms with Gasteiger partial charge in [0.1, 0.15) is 0 Å². The van der Waals surface area contributed by atoms with Crippen LogP contribution >= 0.6 is 12.4 Å². The van der Waals surface area contributed by atoms with Gasteiger partial charge in [-0.15, -0.1) is 12.4 Å². The van der Waals surface area contributed by atoms with Crippen molar-refractivity contribution >= 4 is 24.0 Å².